The predicted molar refractivity (Wildman–Crippen MR) is 59.9 cm³/mol. The molecule has 102 valence electrons. The normalized spacial score (nSPS) is 27.2. The number of halogens is 3. The average Bonchev–Trinajstić information content (AvgIpc) is 2.77. The molecule has 1 saturated carbocycles. The highest BCUT2D eigenvalue weighted by Gasteiger charge is 2.43. The van der Waals surface area contributed by atoms with Gasteiger partial charge in [0.1, 0.15) is 5.76 Å². The van der Waals surface area contributed by atoms with Crippen LogP contribution in [0.2, 0.25) is 0 Å². The number of aromatic nitrogens is 1. The van der Waals surface area contributed by atoms with Crippen molar-refractivity contribution in [3.05, 3.63) is 17.8 Å². The number of hydrogen-bond acceptors (Lipinski definition) is 3. The molecule has 1 aromatic heterocycles. The molecule has 3 nitrogen and oxygen atoms in total. The fourth-order valence-electron chi connectivity index (χ4n) is 2.45. The molecule has 1 heterocycles. The minimum atomic E-state index is -4.11. The van der Waals surface area contributed by atoms with Crippen LogP contribution in [0.3, 0.4) is 0 Å². The van der Waals surface area contributed by atoms with Crippen molar-refractivity contribution in [2.75, 3.05) is 0 Å². The Balaban J connectivity index is 2.08. The van der Waals surface area contributed by atoms with Crippen LogP contribution in [0, 0.1) is 5.92 Å². The van der Waals surface area contributed by atoms with Crippen molar-refractivity contribution in [3.8, 4) is 0 Å². The first-order valence-electron chi connectivity index (χ1n) is 6.16. The maximum absolute atomic E-state index is 12.7. The van der Waals surface area contributed by atoms with Crippen LogP contribution in [0.25, 0.3) is 0 Å². The van der Waals surface area contributed by atoms with Gasteiger partial charge >= 0.3 is 6.18 Å². The number of nitrogens with two attached hydrogens (primary N) is 1. The minimum Gasteiger partial charge on any atom is -0.444 e. The smallest absolute Gasteiger partial charge is 0.391 e. The number of alkyl halides is 3. The monoisotopic (exact) mass is 262 g/mol. The Morgan fingerprint density at radius 2 is 2.17 bits per heavy atom. The van der Waals surface area contributed by atoms with Crippen LogP contribution in [0.5, 0.6) is 0 Å². The molecule has 0 amide bonds. The molecule has 0 saturated heterocycles. The van der Waals surface area contributed by atoms with Crippen molar-refractivity contribution in [1.82, 2.24) is 4.98 Å². The van der Waals surface area contributed by atoms with E-state index in [-0.39, 0.29) is 24.8 Å². The Kier molecular flexibility index (Phi) is 3.66. The van der Waals surface area contributed by atoms with Crippen LogP contribution in [-0.2, 0) is 0 Å². The van der Waals surface area contributed by atoms with E-state index in [1.54, 1.807) is 6.92 Å². The Morgan fingerprint density at radius 3 is 2.72 bits per heavy atom. The van der Waals surface area contributed by atoms with E-state index in [9.17, 15) is 13.2 Å². The third kappa shape index (κ3) is 2.85. The van der Waals surface area contributed by atoms with E-state index in [1.165, 1.54) is 6.20 Å². The molecular formula is C12H17F3N2O. The quantitative estimate of drug-likeness (QED) is 0.887. The highest BCUT2D eigenvalue weighted by atomic mass is 19.4. The average molecular weight is 262 g/mol. The predicted octanol–water partition coefficient (Wildman–Crippen LogP) is 3.53. The van der Waals surface area contributed by atoms with Gasteiger partial charge in [-0.1, -0.05) is 6.42 Å². The Hall–Kier alpha value is -1.04. The van der Waals surface area contributed by atoms with E-state index in [4.69, 9.17) is 10.2 Å². The number of nitrogens with zero attached hydrogens (tertiary/aromatic N) is 1. The van der Waals surface area contributed by atoms with Crippen LogP contribution in [-0.4, -0.2) is 11.2 Å². The van der Waals surface area contributed by atoms with E-state index in [1.807, 2.05) is 0 Å². The Labute approximate surface area is 104 Å². The summed E-state index contributed by atoms with van der Waals surface area (Å²) in [7, 11) is 0. The van der Waals surface area contributed by atoms with Gasteiger partial charge in [0.05, 0.1) is 18.2 Å². The SMILES string of the molecule is CC(N)c1ncc(C2CCCC(C(F)(F)F)C2)o1. The van der Waals surface area contributed by atoms with Gasteiger partial charge in [0, 0.05) is 5.92 Å². The maximum Gasteiger partial charge on any atom is 0.391 e. The molecule has 6 heteroatoms. The van der Waals surface area contributed by atoms with Crippen molar-refractivity contribution in [2.45, 2.75) is 50.7 Å². The van der Waals surface area contributed by atoms with Crippen LogP contribution in [0.15, 0.2) is 10.6 Å². The summed E-state index contributed by atoms with van der Waals surface area (Å²) in [6.07, 6.45) is -0.987. The lowest BCUT2D eigenvalue weighted by atomic mass is 9.80. The van der Waals surface area contributed by atoms with Crippen LogP contribution in [0.1, 0.15) is 56.2 Å². The maximum atomic E-state index is 12.7. The van der Waals surface area contributed by atoms with Gasteiger partial charge in [-0.05, 0) is 26.2 Å². The zero-order chi connectivity index (χ0) is 13.3. The van der Waals surface area contributed by atoms with Gasteiger partial charge in [0.2, 0.25) is 5.89 Å². The molecule has 0 radical (unpaired) electrons. The van der Waals surface area contributed by atoms with Gasteiger partial charge in [-0.15, -0.1) is 0 Å². The standard InChI is InChI=1S/C12H17F3N2O/c1-7(16)11-17-6-10(18-11)8-3-2-4-9(5-8)12(13,14)15/h6-9H,2-5,16H2,1H3. The van der Waals surface area contributed by atoms with Crippen LogP contribution in [0.4, 0.5) is 13.2 Å². The van der Waals surface area contributed by atoms with Crippen molar-refractivity contribution in [3.63, 3.8) is 0 Å². The highest BCUT2D eigenvalue weighted by Crippen LogP contribution is 2.43. The van der Waals surface area contributed by atoms with E-state index >= 15 is 0 Å². The lowest BCUT2D eigenvalue weighted by Crippen LogP contribution is -2.27. The fourth-order valence-corrected chi connectivity index (χ4v) is 2.45. The second-order valence-corrected chi connectivity index (χ2v) is 4.99. The molecule has 3 atom stereocenters. The van der Waals surface area contributed by atoms with Crippen molar-refractivity contribution >= 4 is 0 Å². The molecule has 2 rings (SSSR count). The molecule has 2 N–H and O–H groups in total. The summed E-state index contributed by atoms with van der Waals surface area (Å²) in [5.41, 5.74) is 5.62. The molecule has 0 spiro atoms. The van der Waals surface area contributed by atoms with Gasteiger partial charge in [-0.2, -0.15) is 13.2 Å². The van der Waals surface area contributed by atoms with Gasteiger partial charge in [-0.25, -0.2) is 4.98 Å². The second-order valence-electron chi connectivity index (χ2n) is 4.99. The molecule has 1 aliphatic carbocycles. The largest absolute Gasteiger partial charge is 0.444 e. The first-order chi connectivity index (χ1) is 8.38. The first kappa shape index (κ1) is 13.4. The summed E-state index contributed by atoms with van der Waals surface area (Å²) in [4.78, 5) is 4.01. The summed E-state index contributed by atoms with van der Waals surface area (Å²) in [6.45, 7) is 1.73. The topological polar surface area (TPSA) is 52.0 Å². The van der Waals surface area contributed by atoms with Gasteiger partial charge < -0.3 is 10.2 Å². The van der Waals surface area contributed by atoms with Gasteiger partial charge in [-0.3, -0.25) is 0 Å². The number of hydrogen-bond donors (Lipinski definition) is 1. The first-order valence-corrected chi connectivity index (χ1v) is 6.16. The fraction of sp³-hybridized carbons (Fsp3) is 0.750. The van der Waals surface area contributed by atoms with E-state index in [0.717, 1.165) is 6.42 Å². The van der Waals surface area contributed by atoms with Crippen molar-refractivity contribution < 1.29 is 17.6 Å². The molecule has 3 unspecified atom stereocenters. The summed E-state index contributed by atoms with van der Waals surface area (Å²) in [6, 6.07) is -0.333. The van der Waals surface area contributed by atoms with Crippen LogP contribution < -0.4 is 5.73 Å². The van der Waals surface area contributed by atoms with Gasteiger partial charge in [0.15, 0.2) is 0 Å². The van der Waals surface area contributed by atoms with E-state index in [2.05, 4.69) is 4.98 Å². The molecule has 0 aromatic carbocycles. The van der Waals surface area contributed by atoms with E-state index < -0.39 is 12.1 Å². The third-order valence-corrected chi connectivity index (χ3v) is 3.47. The molecule has 1 aromatic rings. The molecule has 0 aliphatic heterocycles. The summed E-state index contributed by atoms with van der Waals surface area (Å²) in [5, 5.41) is 0. The Morgan fingerprint density at radius 1 is 1.44 bits per heavy atom. The molecule has 18 heavy (non-hydrogen) atoms. The Bertz CT molecular complexity index is 400. The zero-order valence-electron chi connectivity index (χ0n) is 10.2. The second kappa shape index (κ2) is 4.91. The van der Waals surface area contributed by atoms with Crippen molar-refractivity contribution in [2.24, 2.45) is 11.7 Å². The minimum absolute atomic E-state index is 0.0943. The molecule has 0 bridgehead atoms. The van der Waals surface area contributed by atoms with E-state index in [0.29, 0.717) is 18.1 Å². The van der Waals surface area contributed by atoms with Crippen LogP contribution >= 0.6 is 0 Å². The molecule has 1 aliphatic rings. The van der Waals surface area contributed by atoms with Gasteiger partial charge in [0.25, 0.3) is 0 Å². The molecular weight excluding hydrogens is 245 g/mol. The summed E-state index contributed by atoms with van der Waals surface area (Å²) >= 11 is 0. The number of rotatable bonds is 2. The lowest BCUT2D eigenvalue weighted by Gasteiger charge is -2.29. The zero-order valence-corrected chi connectivity index (χ0v) is 10.2. The number of oxazole rings is 1. The lowest BCUT2D eigenvalue weighted by molar-refractivity contribution is -0.183. The summed E-state index contributed by atoms with van der Waals surface area (Å²) in [5.74, 6) is -0.485. The summed E-state index contributed by atoms with van der Waals surface area (Å²) < 4.78 is 43.5. The third-order valence-electron chi connectivity index (χ3n) is 3.47. The van der Waals surface area contributed by atoms with Crippen molar-refractivity contribution in [1.29, 1.82) is 0 Å². The molecule has 1 fully saturated rings. The highest BCUT2D eigenvalue weighted by molar-refractivity contribution is 5.05.